The first-order valence-electron chi connectivity index (χ1n) is 6.89. The molecule has 3 N–H and O–H groups in total. The molecule has 0 bridgehead atoms. The molecule has 0 radical (unpaired) electrons. The maximum atomic E-state index is 12.2. The number of hydrogen-bond donors (Lipinski definition) is 3. The van der Waals surface area contributed by atoms with Crippen LogP contribution in [-0.2, 0) is 0 Å². The Morgan fingerprint density at radius 3 is 2.96 bits per heavy atom. The van der Waals surface area contributed by atoms with E-state index < -0.39 is 0 Å². The summed E-state index contributed by atoms with van der Waals surface area (Å²) >= 11 is 0. The quantitative estimate of drug-likeness (QED) is 0.536. The van der Waals surface area contributed by atoms with Crippen LogP contribution in [0.3, 0.4) is 0 Å². The van der Waals surface area contributed by atoms with Crippen molar-refractivity contribution in [2.24, 2.45) is 0 Å². The van der Waals surface area contributed by atoms with Crippen LogP contribution in [0.5, 0.6) is 0 Å². The SMILES string of the molecule is O=C(Nc1nnn[nH]1)c1cccc(-c2ccc3[nH]ccc3c2)n1. The highest BCUT2D eigenvalue weighted by Crippen LogP contribution is 2.22. The summed E-state index contributed by atoms with van der Waals surface area (Å²) in [5.74, 6) is -0.205. The second-order valence-electron chi connectivity index (χ2n) is 4.89. The zero-order chi connectivity index (χ0) is 15.6. The molecule has 1 amide bonds. The molecule has 112 valence electrons. The Balaban J connectivity index is 1.66. The molecule has 0 spiro atoms. The Labute approximate surface area is 130 Å². The molecular formula is C15H11N7O. The van der Waals surface area contributed by atoms with E-state index in [-0.39, 0.29) is 17.5 Å². The normalized spacial score (nSPS) is 10.8. The van der Waals surface area contributed by atoms with E-state index in [9.17, 15) is 4.79 Å². The van der Waals surface area contributed by atoms with Gasteiger partial charge in [0.05, 0.1) is 5.69 Å². The average Bonchev–Trinajstić information content (AvgIpc) is 3.25. The van der Waals surface area contributed by atoms with Crippen LogP contribution in [0.2, 0.25) is 0 Å². The predicted octanol–water partition coefficient (Wildman–Crippen LogP) is 2.00. The highest BCUT2D eigenvalue weighted by molar-refractivity contribution is 6.02. The number of anilines is 1. The van der Waals surface area contributed by atoms with E-state index >= 15 is 0 Å². The first-order valence-corrected chi connectivity index (χ1v) is 6.89. The molecule has 1 aromatic carbocycles. The van der Waals surface area contributed by atoms with E-state index in [0.717, 1.165) is 22.2 Å². The summed E-state index contributed by atoms with van der Waals surface area (Å²) in [5, 5.41) is 16.5. The van der Waals surface area contributed by atoms with Crippen LogP contribution in [-0.4, -0.2) is 36.5 Å². The Morgan fingerprint density at radius 2 is 2.09 bits per heavy atom. The molecule has 4 rings (SSSR count). The molecule has 0 fully saturated rings. The zero-order valence-electron chi connectivity index (χ0n) is 11.8. The molecule has 8 nitrogen and oxygen atoms in total. The van der Waals surface area contributed by atoms with Gasteiger partial charge in [-0.25, -0.2) is 10.1 Å². The van der Waals surface area contributed by atoms with Crippen LogP contribution in [0, 0.1) is 0 Å². The van der Waals surface area contributed by atoms with Crippen molar-refractivity contribution in [3.05, 3.63) is 54.4 Å². The molecule has 0 aliphatic heterocycles. The third-order valence-electron chi connectivity index (χ3n) is 3.41. The van der Waals surface area contributed by atoms with Crippen molar-refractivity contribution >= 4 is 22.8 Å². The number of rotatable bonds is 3. The molecule has 3 aromatic heterocycles. The summed E-state index contributed by atoms with van der Waals surface area (Å²) in [6.45, 7) is 0. The van der Waals surface area contributed by atoms with E-state index in [4.69, 9.17) is 0 Å². The first kappa shape index (κ1) is 13.1. The molecule has 4 aromatic rings. The number of benzene rings is 1. The van der Waals surface area contributed by atoms with Crippen molar-refractivity contribution < 1.29 is 4.79 Å². The Bertz CT molecular complexity index is 974. The van der Waals surface area contributed by atoms with Crippen LogP contribution in [0.25, 0.3) is 22.2 Å². The van der Waals surface area contributed by atoms with Gasteiger partial charge in [-0.2, -0.15) is 0 Å². The van der Waals surface area contributed by atoms with Crippen LogP contribution in [0.4, 0.5) is 5.95 Å². The minimum atomic E-state index is -0.381. The monoisotopic (exact) mass is 305 g/mol. The number of tetrazole rings is 1. The van der Waals surface area contributed by atoms with E-state index in [1.165, 1.54) is 0 Å². The van der Waals surface area contributed by atoms with Gasteiger partial charge >= 0.3 is 0 Å². The molecule has 0 saturated heterocycles. The minimum Gasteiger partial charge on any atom is -0.361 e. The van der Waals surface area contributed by atoms with Gasteiger partial charge in [-0.3, -0.25) is 10.1 Å². The number of fused-ring (bicyclic) bond motifs is 1. The van der Waals surface area contributed by atoms with Gasteiger partial charge in [-0.15, -0.1) is 0 Å². The summed E-state index contributed by atoms with van der Waals surface area (Å²) in [6.07, 6.45) is 1.89. The number of aromatic amines is 2. The number of pyridine rings is 1. The summed E-state index contributed by atoms with van der Waals surface area (Å²) in [7, 11) is 0. The standard InChI is InChI=1S/C15H11N7O/c23-14(18-15-19-21-22-20-15)13-3-1-2-12(17-13)9-4-5-11-10(8-9)6-7-16-11/h1-8,16H,(H2,18,19,20,21,22,23). The largest absolute Gasteiger partial charge is 0.361 e. The first-order chi connectivity index (χ1) is 11.3. The van der Waals surface area contributed by atoms with Gasteiger partial charge in [-0.1, -0.05) is 17.2 Å². The van der Waals surface area contributed by atoms with E-state index in [2.05, 4.69) is 35.9 Å². The second kappa shape index (κ2) is 5.34. The zero-order valence-corrected chi connectivity index (χ0v) is 11.8. The smallest absolute Gasteiger partial charge is 0.276 e. The fourth-order valence-corrected chi connectivity index (χ4v) is 2.32. The predicted molar refractivity (Wildman–Crippen MR) is 83.7 cm³/mol. The summed E-state index contributed by atoms with van der Waals surface area (Å²) < 4.78 is 0. The summed E-state index contributed by atoms with van der Waals surface area (Å²) in [5.41, 5.74) is 3.00. The second-order valence-corrected chi connectivity index (χ2v) is 4.89. The molecule has 0 unspecified atom stereocenters. The van der Waals surface area contributed by atoms with Crippen LogP contribution >= 0.6 is 0 Å². The van der Waals surface area contributed by atoms with Gasteiger partial charge in [0, 0.05) is 22.7 Å². The Kier molecular flexibility index (Phi) is 3.05. The number of aromatic nitrogens is 6. The van der Waals surface area contributed by atoms with Crippen molar-refractivity contribution in [1.29, 1.82) is 0 Å². The maximum Gasteiger partial charge on any atom is 0.276 e. The lowest BCUT2D eigenvalue weighted by Crippen LogP contribution is -2.14. The number of H-pyrrole nitrogens is 2. The molecular weight excluding hydrogens is 294 g/mol. The van der Waals surface area contributed by atoms with E-state index in [0.29, 0.717) is 0 Å². The minimum absolute atomic E-state index is 0.177. The lowest BCUT2D eigenvalue weighted by Gasteiger charge is -2.05. The lowest BCUT2D eigenvalue weighted by molar-refractivity contribution is 0.102. The van der Waals surface area contributed by atoms with Crippen molar-refractivity contribution in [3.8, 4) is 11.3 Å². The number of amides is 1. The third-order valence-corrected chi connectivity index (χ3v) is 3.41. The molecule has 3 heterocycles. The Morgan fingerprint density at radius 1 is 1.13 bits per heavy atom. The van der Waals surface area contributed by atoms with Crippen molar-refractivity contribution in [3.63, 3.8) is 0 Å². The van der Waals surface area contributed by atoms with Gasteiger partial charge < -0.3 is 4.98 Å². The highest BCUT2D eigenvalue weighted by Gasteiger charge is 2.11. The molecule has 23 heavy (non-hydrogen) atoms. The Hall–Kier alpha value is -3.55. The van der Waals surface area contributed by atoms with Gasteiger partial charge in [-0.05, 0) is 40.8 Å². The van der Waals surface area contributed by atoms with Gasteiger partial charge in [0.1, 0.15) is 5.69 Å². The fraction of sp³-hybridized carbons (Fsp3) is 0. The topological polar surface area (TPSA) is 112 Å². The number of nitrogens with one attached hydrogen (secondary N) is 3. The molecule has 0 aliphatic carbocycles. The molecule has 0 atom stereocenters. The number of hydrogen-bond acceptors (Lipinski definition) is 5. The van der Waals surface area contributed by atoms with E-state index in [1.54, 1.807) is 12.1 Å². The maximum absolute atomic E-state index is 12.2. The number of nitrogens with zero attached hydrogens (tertiary/aromatic N) is 4. The van der Waals surface area contributed by atoms with Gasteiger partial charge in [0.15, 0.2) is 0 Å². The van der Waals surface area contributed by atoms with Crippen molar-refractivity contribution in [2.75, 3.05) is 5.32 Å². The highest BCUT2D eigenvalue weighted by atomic mass is 16.2. The average molecular weight is 305 g/mol. The summed E-state index contributed by atoms with van der Waals surface area (Å²) in [4.78, 5) is 19.7. The lowest BCUT2D eigenvalue weighted by atomic mass is 10.1. The fourth-order valence-electron chi connectivity index (χ4n) is 2.32. The summed E-state index contributed by atoms with van der Waals surface area (Å²) in [6, 6.07) is 13.3. The van der Waals surface area contributed by atoms with Gasteiger partial charge in [0.25, 0.3) is 5.91 Å². The number of carbonyl (C=O) groups is 1. The molecule has 0 aliphatic rings. The molecule has 8 heteroatoms. The van der Waals surface area contributed by atoms with Crippen molar-refractivity contribution in [2.45, 2.75) is 0 Å². The van der Waals surface area contributed by atoms with Gasteiger partial charge in [0.2, 0.25) is 5.95 Å². The van der Waals surface area contributed by atoms with Crippen LogP contribution in [0.15, 0.2) is 48.7 Å². The molecule has 0 saturated carbocycles. The van der Waals surface area contributed by atoms with Crippen LogP contribution < -0.4 is 5.32 Å². The van der Waals surface area contributed by atoms with Crippen molar-refractivity contribution in [1.82, 2.24) is 30.6 Å². The van der Waals surface area contributed by atoms with Crippen LogP contribution in [0.1, 0.15) is 10.5 Å². The number of carbonyl (C=O) groups excluding carboxylic acids is 1. The third kappa shape index (κ3) is 2.53. The van der Waals surface area contributed by atoms with E-state index in [1.807, 2.05) is 36.5 Å².